The molecule has 0 unspecified atom stereocenters. The zero-order valence-corrected chi connectivity index (χ0v) is 26.7. The summed E-state index contributed by atoms with van der Waals surface area (Å²) in [6, 6.07) is 12.3. The molecule has 5 N–H and O–H groups in total. The highest BCUT2D eigenvalue weighted by atomic mass is 32.2. The second-order valence-electron chi connectivity index (χ2n) is 10.7. The predicted molar refractivity (Wildman–Crippen MR) is 171 cm³/mol. The van der Waals surface area contributed by atoms with Crippen molar-refractivity contribution in [1.29, 1.82) is 0 Å². The maximum Gasteiger partial charge on any atom is 0.328 e. The normalized spacial score (nSPS) is 16.6. The first-order valence-corrected chi connectivity index (χ1v) is 16.4. The maximum atomic E-state index is 13.5. The van der Waals surface area contributed by atoms with Gasteiger partial charge in [-0.15, -0.1) is 0 Å². The van der Waals surface area contributed by atoms with E-state index in [2.05, 4.69) is 21.3 Å². The Bertz CT molecular complexity index is 1290. The molecule has 0 aliphatic carbocycles. The highest BCUT2D eigenvalue weighted by molar-refractivity contribution is 7.98. The summed E-state index contributed by atoms with van der Waals surface area (Å²) in [4.78, 5) is 66.6. The number of phenolic OH excluding ortho intramolecular Hbond substituents is 1. The Hall–Kier alpha value is -4.10. The number of carbonyl (C=O) groups excluding carboxylic acids is 5. The molecule has 12 nitrogen and oxygen atoms in total. The number of ether oxygens (including phenoxy) is 1. The number of aromatic hydroxyl groups is 1. The van der Waals surface area contributed by atoms with E-state index in [0.717, 1.165) is 11.3 Å². The van der Waals surface area contributed by atoms with Gasteiger partial charge in [-0.2, -0.15) is 11.8 Å². The van der Waals surface area contributed by atoms with Crippen molar-refractivity contribution in [2.24, 2.45) is 0 Å². The lowest BCUT2D eigenvalue weighted by molar-refractivity contribution is -0.147. The van der Waals surface area contributed by atoms with Gasteiger partial charge in [0.2, 0.25) is 23.6 Å². The third-order valence-electron chi connectivity index (χ3n) is 7.34. The fraction of sp³-hybridized carbons (Fsp3) is 0.469. The molecule has 244 valence electrons. The number of piperazine rings is 1. The van der Waals surface area contributed by atoms with Gasteiger partial charge >= 0.3 is 5.97 Å². The number of carbonyl (C=O) groups is 5. The van der Waals surface area contributed by atoms with E-state index in [9.17, 15) is 29.1 Å². The number of thioether (sulfide) groups is 1. The topological polar surface area (TPSA) is 166 Å². The highest BCUT2D eigenvalue weighted by Crippen LogP contribution is 2.16. The molecule has 2 aromatic carbocycles. The smallest absolute Gasteiger partial charge is 0.328 e. The molecule has 0 spiro atoms. The van der Waals surface area contributed by atoms with Gasteiger partial charge in [0.05, 0.1) is 19.2 Å². The number of hydrogen-bond acceptors (Lipinski definition) is 9. The molecule has 0 bridgehead atoms. The van der Waals surface area contributed by atoms with Gasteiger partial charge in [-0.1, -0.05) is 42.5 Å². The number of amides is 4. The molecule has 4 amide bonds. The number of esters is 1. The zero-order chi connectivity index (χ0) is 32.8. The molecule has 4 atom stereocenters. The molecule has 3 rings (SSSR count). The third kappa shape index (κ3) is 11.1. The van der Waals surface area contributed by atoms with Crippen LogP contribution in [-0.4, -0.2) is 102 Å². The van der Waals surface area contributed by atoms with Crippen molar-refractivity contribution in [2.75, 3.05) is 38.2 Å². The Balaban J connectivity index is 1.61. The van der Waals surface area contributed by atoms with Gasteiger partial charge in [-0.25, -0.2) is 4.79 Å². The maximum absolute atomic E-state index is 13.5. The van der Waals surface area contributed by atoms with Crippen LogP contribution in [0.3, 0.4) is 0 Å². The Morgan fingerprint density at radius 3 is 2.38 bits per heavy atom. The van der Waals surface area contributed by atoms with Crippen molar-refractivity contribution in [3.05, 3.63) is 65.7 Å². The summed E-state index contributed by atoms with van der Waals surface area (Å²) in [6.45, 7) is 3.73. The fourth-order valence-corrected chi connectivity index (χ4v) is 5.42. The summed E-state index contributed by atoms with van der Waals surface area (Å²) in [5.74, 6) is -1.61. The van der Waals surface area contributed by atoms with Crippen LogP contribution in [0.5, 0.6) is 5.75 Å². The molecule has 1 aliphatic heterocycles. The number of nitrogens with one attached hydrogen (secondary N) is 4. The van der Waals surface area contributed by atoms with Gasteiger partial charge in [0.15, 0.2) is 0 Å². The van der Waals surface area contributed by atoms with Crippen molar-refractivity contribution in [3.8, 4) is 5.75 Å². The molecule has 1 saturated heterocycles. The minimum atomic E-state index is -1.03. The van der Waals surface area contributed by atoms with Crippen LogP contribution in [0.4, 0.5) is 0 Å². The minimum absolute atomic E-state index is 0.0696. The van der Waals surface area contributed by atoms with Crippen molar-refractivity contribution in [3.63, 3.8) is 0 Å². The number of hydrogen-bond donors (Lipinski definition) is 5. The first kappa shape index (κ1) is 35.4. The second kappa shape index (κ2) is 18.0. The summed E-state index contributed by atoms with van der Waals surface area (Å²) in [5.41, 5.74) is 1.57. The van der Waals surface area contributed by atoms with E-state index in [1.807, 2.05) is 36.6 Å². The van der Waals surface area contributed by atoms with Gasteiger partial charge in [0.25, 0.3) is 0 Å². The van der Waals surface area contributed by atoms with Crippen LogP contribution in [0.1, 0.15) is 31.4 Å². The van der Waals surface area contributed by atoms with Crippen LogP contribution < -0.4 is 21.3 Å². The predicted octanol–water partition coefficient (Wildman–Crippen LogP) is 0.768. The standard InChI is InChI=1S/C32H43N5O7S/c1-4-44-32(43)26(18-23-10-12-24(38)13-11-23)36-29(40)21(2)35-28(39)20-34-30(41)27(19-22-8-6-5-7-9-22)37-16-15-33-25(31(37)42)14-17-45-3/h5-13,21,25-27,33,38H,4,14-20H2,1-3H3,(H,34,41)(H,35,39)(H,36,40)/t21-,25-,26+,27+/m1/s1. The second-order valence-corrected chi connectivity index (χ2v) is 11.7. The largest absolute Gasteiger partial charge is 0.508 e. The highest BCUT2D eigenvalue weighted by Gasteiger charge is 2.36. The van der Waals surface area contributed by atoms with Crippen LogP contribution in [0.2, 0.25) is 0 Å². The van der Waals surface area contributed by atoms with E-state index in [0.29, 0.717) is 25.1 Å². The SMILES string of the molecule is CCOC(=O)[C@H](Cc1ccc(O)cc1)NC(=O)[C@@H](C)NC(=O)CNC(=O)[C@H](Cc1ccccc1)N1CCN[C@H](CCSC)C1=O. The van der Waals surface area contributed by atoms with Crippen LogP contribution in [0.25, 0.3) is 0 Å². The van der Waals surface area contributed by atoms with E-state index in [-0.39, 0.29) is 37.1 Å². The van der Waals surface area contributed by atoms with Crippen molar-refractivity contribution >= 4 is 41.4 Å². The Kier molecular flexibility index (Phi) is 14.2. The summed E-state index contributed by atoms with van der Waals surface area (Å²) in [5, 5.41) is 20.6. The number of phenols is 1. The average Bonchev–Trinajstić information content (AvgIpc) is 3.03. The van der Waals surface area contributed by atoms with Gasteiger partial charge in [0.1, 0.15) is 23.9 Å². The van der Waals surface area contributed by atoms with E-state index < -0.39 is 48.4 Å². The molecule has 0 radical (unpaired) electrons. The zero-order valence-electron chi connectivity index (χ0n) is 25.9. The van der Waals surface area contributed by atoms with Crippen molar-refractivity contribution in [1.82, 2.24) is 26.2 Å². The summed E-state index contributed by atoms with van der Waals surface area (Å²) >= 11 is 1.65. The van der Waals surface area contributed by atoms with Crippen LogP contribution >= 0.6 is 11.8 Å². The molecule has 0 aromatic heterocycles. The van der Waals surface area contributed by atoms with E-state index in [1.165, 1.54) is 19.1 Å². The van der Waals surface area contributed by atoms with Gasteiger partial charge in [0, 0.05) is 25.9 Å². The van der Waals surface area contributed by atoms with Crippen molar-refractivity contribution in [2.45, 2.75) is 57.3 Å². The molecule has 0 saturated carbocycles. The summed E-state index contributed by atoms with van der Waals surface area (Å²) < 4.78 is 5.10. The molecule has 13 heteroatoms. The lowest BCUT2D eigenvalue weighted by Gasteiger charge is -2.38. The summed E-state index contributed by atoms with van der Waals surface area (Å²) in [6.07, 6.45) is 3.02. The average molecular weight is 642 g/mol. The van der Waals surface area contributed by atoms with Gasteiger partial charge in [-0.3, -0.25) is 19.2 Å². The van der Waals surface area contributed by atoms with Gasteiger partial charge in [-0.05, 0) is 55.5 Å². The van der Waals surface area contributed by atoms with Crippen LogP contribution in [0, 0.1) is 0 Å². The monoisotopic (exact) mass is 641 g/mol. The molecule has 1 aliphatic rings. The quantitative estimate of drug-likeness (QED) is 0.167. The van der Waals surface area contributed by atoms with Crippen molar-refractivity contribution < 1.29 is 33.8 Å². The number of rotatable bonds is 16. The van der Waals surface area contributed by atoms with E-state index in [4.69, 9.17) is 4.74 Å². The molecule has 2 aromatic rings. The third-order valence-corrected chi connectivity index (χ3v) is 7.99. The Morgan fingerprint density at radius 1 is 1.02 bits per heavy atom. The number of nitrogens with zero attached hydrogens (tertiary/aromatic N) is 1. The van der Waals surface area contributed by atoms with E-state index in [1.54, 1.807) is 35.7 Å². The lowest BCUT2D eigenvalue weighted by atomic mass is 10.0. The molecule has 1 heterocycles. The number of benzene rings is 2. The molecular formula is C32H43N5O7S. The first-order valence-electron chi connectivity index (χ1n) is 15.0. The minimum Gasteiger partial charge on any atom is -0.508 e. The van der Waals surface area contributed by atoms with Crippen LogP contribution in [0.15, 0.2) is 54.6 Å². The van der Waals surface area contributed by atoms with E-state index >= 15 is 0 Å². The molecule has 1 fully saturated rings. The molecule has 45 heavy (non-hydrogen) atoms. The molecular weight excluding hydrogens is 598 g/mol. The Labute approximate surface area is 268 Å². The Morgan fingerprint density at radius 2 is 1.71 bits per heavy atom. The fourth-order valence-electron chi connectivity index (χ4n) is 4.95. The summed E-state index contributed by atoms with van der Waals surface area (Å²) in [7, 11) is 0. The van der Waals surface area contributed by atoms with Crippen LogP contribution in [-0.2, 0) is 41.6 Å². The lowest BCUT2D eigenvalue weighted by Crippen LogP contribution is -2.62. The van der Waals surface area contributed by atoms with Gasteiger partial charge < -0.3 is 36.0 Å². The first-order chi connectivity index (χ1) is 21.6.